The molecule has 0 aliphatic heterocycles. The fraction of sp³-hybridized carbons (Fsp3) is 0.467. The van der Waals surface area contributed by atoms with Crippen molar-refractivity contribution in [1.29, 1.82) is 0 Å². The van der Waals surface area contributed by atoms with Crippen LogP contribution in [-0.2, 0) is 6.42 Å². The third kappa shape index (κ3) is 2.92. The van der Waals surface area contributed by atoms with Gasteiger partial charge in [-0.15, -0.1) is 11.3 Å². The largest absolute Gasteiger partial charge is 0.144 e. The summed E-state index contributed by atoms with van der Waals surface area (Å²) in [6, 6.07) is 8.72. The summed E-state index contributed by atoms with van der Waals surface area (Å²) in [6.07, 6.45) is 1.17. The molecule has 0 spiro atoms. The third-order valence-electron chi connectivity index (χ3n) is 3.46. The van der Waals surface area contributed by atoms with Crippen molar-refractivity contribution in [2.45, 2.75) is 32.0 Å². The summed E-state index contributed by atoms with van der Waals surface area (Å²) in [7, 11) is 0. The molecule has 2 rings (SSSR count). The van der Waals surface area contributed by atoms with Crippen LogP contribution in [0.5, 0.6) is 0 Å². The zero-order chi connectivity index (χ0) is 12.4. The lowest BCUT2D eigenvalue weighted by Gasteiger charge is -2.23. The van der Waals surface area contributed by atoms with Crippen molar-refractivity contribution in [2.75, 3.05) is 0 Å². The molecule has 2 heteroatoms. The number of alkyl halides is 1. The van der Waals surface area contributed by atoms with Crippen LogP contribution in [0.3, 0.4) is 0 Å². The average Bonchev–Trinajstić information content (AvgIpc) is 2.68. The van der Waals surface area contributed by atoms with Gasteiger partial charge in [0.2, 0.25) is 0 Å². The Labute approximate surface area is 116 Å². The number of fused-ring (bicyclic) bond motifs is 1. The van der Waals surface area contributed by atoms with E-state index in [9.17, 15) is 0 Å². The van der Waals surface area contributed by atoms with Crippen molar-refractivity contribution in [1.82, 2.24) is 0 Å². The molecule has 0 N–H and O–H groups in total. The van der Waals surface area contributed by atoms with Gasteiger partial charge in [0.25, 0.3) is 0 Å². The second kappa shape index (κ2) is 5.53. The molecule has 0 aliphatic rings. The first kappa shape index (κ1) is 13.1. The first-order valence-electron chi connectivity index (χ1n) is 6.18. The maximum atomic E-state index is 3.75. The normalized spacial score (nSPS) is 15.4. The van der Waals surface area contributed by atoms with Crippen LogP contribution in [0.25, 0.3) is 10.1 Å². The molecule has 0 bridgehead atoms. The van der Waals surface area contributed by atoms with E-state index in [0.717, 1.165) is 0 Å². The van der Waals surface area contributed by atoms with Gasteiger partial charge in [0.05, 0.1) is 0 Å². The topological polar surface area (TPSA) is 0 Å². The van der Waals surface area contributed by atoms with Gasteiger partial charge in [-0.2, -0.15) is 0 Å². The van der Waals surface area contributed by atoms with Gasteiger partial charge in [-0.05, 0) is 40.7 Å². The smallest absolute Gasteiger partial charge is 0.0345 e. The van der Waals surface area contributed by atoms with Gasteiger partial charge in [0.15, 0.2) is 0 Å². The maximum absolute atomic E-state index is 3.75. The van der Waals surface area contributed by atoms with Crippen LogP contribution in [-0.4, -0.2) is 4.83 Å². The Balaban J connectivity index is 2.28. The van der Waals surface area contributed by atoms with Crippen LogP contribution in [0.15, 0.2) is 29.6 Å². The molecule has 1 aromatic carbocycles. The van der Waals surface area contributed by atoms with Gasteiger partial charge in [0, 0.05) is 9.53 Å². The van der Waals surface area contributed by atoms with Crippen molar-refractivity contribution in [3.8, 4) is 0 Å². The van der Waals surface area contributed by atoms with E-state index in [1.807, 2.05) is 11.3 Å². The lowest BCUT2D eigenvalue weighted by Crippen LogP contribution is -2.20. The molecule has 0 nitrogen and oxygen atoms in total. The number of hydrogen-bond acceptors (Lipinski definition) is 1. The average molecular weight is 311 g/mol. The Morgan fingerprint density at radius 2 is 1.88 bits per heavy atom. The van der Waals surface area contributed by atoms with Gasteiger partial charge in [-0.25, -0.2) is 0 Å². The molecule has 0 saturated carbocycles. The van der Waals surface area contributed by atoms with E-state index in [-0.39, 0.29) is 0 Å². The predicted molar refractivity (Wildman–Crippen MR) is 82.2 cm³/mol. The van der Waals surface area contributed by atoms with Crippen LogP contribution >= 0.6 is 27.3 Å². The minimum atomic E-state index is 0.571. The van der Waals surface area contributed by atoms with Crippen LogP contribution in [0, 0.1) is 11.8 Å². The van der Waals surface area contributed by atoms with Gasteiger partial charge in [-0.1, -0.05) is 54.9 Å². The van der Waals surface area contributed by atoms with E-state index < -0.39 is 0 Å². The fourth-order valence-corrected chi connectivity index (χ4v) is 4.15. The van der Waals surface area contributed by atoms with E-state index in [0.29, 0.717) is 16.7 Å². The Bertz CT molecular complexity index is 476. The zero-order valence-electron chi connectivity index (χ0n) is 10.6. The van der Waals surface area contributed by atoms with Crippen LogP contribution in [0.4, 0.5) is 0 Å². The lowest BCUT2D eigenvalue weighted by atomic mass is 9.87. The highest BCUT2D eigenvalue weighted by Crippen LogP contribution is 2.32. The van der Waals surface area contributed by atoms with Crippen LogP contribution < -0.4 is 0 Å². The summed E-state index contributed by atoms with van der Waals surface area (Å²) >= 11 is 5.62. The zero-order valence-corrected chi connectivity index (χ0v) is 13.0. The summed E-state index contributed by atoms with van der Waals surface area (Å²) in [4.78, 5) is 0.571. The lowest BCUT2D eigenvalue weighted by molar-refractivity contribution is 0.385. The minimum absolute atomic E-state index is 0.571. The molecule has 0 saturated heterocycles. The molecule has 0 radical (unpaired) electrons. The van der Waals surface area contributed by atoms with E-state index in [4.69, 9.17) is 0 Å². The summed E-state index contributed by atoms with van der Waals surface area (Å²) in [5.74, 6) is 1.41. The molecule has 2 unspecified atom stereocenters. The second-order valence-corrected chi connectivity index (χ2v) is 7.40. The van der Waals surface area contributed by atoms with Crippen molar-refractivity contribution in [2.24, 2.45) is 11.8 Å². The Morgan fingerprint density at radius 3 is 2.53 bits per heavy atom. The van der Waals surface area contributed by atoms with Crippen molar-refractivity contribution in [3.63, 3.8) is 0 Å². The number of thiophene rings is 1. The number of hydrogen-bond donors (Lipinski definition) is 0. The van der Waals surface area contributed by atoms with Crippen LogP contribution in [0.2, 0.25) is 0 Å². The van der Waals surface area contributed by atoms with Crippen molar-refractivity contribution < 1.29 is 0 Å². The highest BCUT2D eigenvalue weighted by Gasteiger charge is 2.20. The fourth-order valence-electron chi connectivity index (χ4n) is 2.37. The molecule has 92 valence electrons. The standard InChI is InChI=1S/C15H19BrS/c1-10(2)14(11(3)16)8-12-9-17-15-7-5-4-6-13(12)15/h4-7,9-11,14H,8H2,1-3H3. The summed E-state index contributed by atoms with van der Waals surface area (Å²) in [6.45, 7) is 6.90. The number of benzene rings is 1. The highest BCUT2D eigenvalue weighted by molar-refractivity contribution is 9.09. The quantitative estimate of drug-likeness (QED) is 0.654. The second-order valence-electron chi connectivity index (χ2n) is 5.05. The Morgan fingerprint density at radius 1 is 1.18 bits per heavy atom. The summed E-state index contributed by atoms with van der Waals surface area (Å²) < 4.78 is 1.41. The van der Waals surface area contributed by atoms with Gasteiger partial charge in [-0.3, -0.25) is 0 Å². The molecule has 1 heterocycles. The molecule has 17 heavy (non-hydrogen) atoms. The molecule has 0 aliphatic carbocycles. The highest BCUT2D eigenvalue weighted by atomic mass is 79.9. The molecule has 0 amide bonds. The molecular weight excluding hydrogens is 292 g/mol. The third-order valence-corrected chi connectivity index (χ3v) is 5.15. The molecule has 2 atom stereocenters. The van der Waals surface area contributed by atoms with Gasteiger partial charge in [0.1, 0.15) is 0 Å². The molecular formula is C15H19BrS. The predicted octanol–water partition coefficient (Wildman–Crippen LogP) is 5.50. The van der Waals surface area contributed by atoms with E-state index in [1.54, 1.807) is 0 Å². The van der Waals surface area contributed by atoms with Crippen molar-refractivity contribution in [3.05, 3.63) is 35.2 Å². The van der Waals surface area contributed by atoms with E-state index in [2.05, 4.69) is 66.3 Å². The number of halogens is 1. The number of rotatable bonds is 4. The molecule has 0 fully saturated rings. The first-order chi connectivity index (χ1) is 8.09. The van der Waals surface area contributed by atoms with Crippen LogP contribution in [0.1, 0.15) is 26.3 Å². The van der Waals surface area contributed by atoms with E-state index in [1.165, 1.54) is 22.1 Å². The van der Waals surface area contributed by atoms with E-state index >= 15 is 0 Å². The summed E-state index contributed by atoms with van der Waals surface area (Å²) in [5, 5.41) is 3.77. The Kier molecular flexibility index (Phi) is 4.26. The molecule has 1 aromatic heterocycles. The minimum Gasteiger partial charge on any atom is -0.144 e. The molecule has 2 aromatic rings. The summed E-state index contributed by atoms with van der Waals surface area (Å²) in [5.41, 5.74) is 1.51. The monoisotopic (exact) mass is 310 g/mol. The first-order valence-corrected chi connectivity index (χ1v) is 7.98. The SMILES string of the molecule is CC(C)C(Cc1csc2ccccc12)C(C)Br. The maximum Gasteiger partial charge on any atom is 0.0345 e. The van der Waals surface area contributed by atoms with Crippen molar-refractivity contribution >= 4 is 37.4 Å². The Hall–Kier alpha value is -0.340. The van der Waals surface area contributed by atoms with Gasteiger partial charge >= 0.3 is 0 Å². The van der Waals surface area contributed by atoms with Gasteiger partial charge < -0.3 is 0 Å².